The van der Waals surface area contributed by atoms with E-state index in [1.807, 2.05) is 43.3 Å². The Labute approximate surface area is 143 Å². The van der Waals surface area contributed by atoms with Gasteiger partial charge in [0.2, 0.25) is 0 Å². The smallest absolute Gasteiger partial charge is 0.492 e. The molecule has 0 aliphatic carbocycles. The van der Waals surface area contributed by atoms with Crippen molar-refractivity contribution >= 4 is 18.3 Å². The van der Waals surface area contributed by atoms with Crippen molar-refractivity contribution in [3.8, 4) is 5.75 Å². The summed E-state index contributed by atoms with van der Waals surface area (Å²) in [5.41, 5.74) is 9.48. The largest absolute Gasteiger partial charge is 0.494 e. The Balaban J connectivity index is 2.13. The van der Waals surface area contributed by atoms with E-state index in [-0.39, 0.29) is 0 Å². The van der Waals surface area contributed by atoms with E-state index in [1.165, 1.54) is 0 Å². The molecule has 0 saturated heterocycles. The number of hydrazine groups is 1. The molecule has 0 bridgehead atoms. The van der Waals surface area contributed by atoms with Crippen molar-refractivity contribution in [1.29, 1.82) is 0 Å². The van der Waals surface area contributed by atoms with Crippen LogP contribution in [0.3, 0.4) is 0 Å². The highest BCUT2D eigenvalue weighted by Crippen LogP contribution is 2.19. The van der Waals surface area contributed by atoms with Gasteiger partial charge in [-0.2, -0.15) is 0 Å². The first-order valence-corrected chi connectivity index (χ1v) is 8.28. The van der Waals surface area contributed by atoms with Crippen molar-refractivity contribution in [1.82, 2.24) is 5.43 Å². The Bertz CT molecular complexity index is 636. The molecular weight excluding hydrogens is 303 g/mol. The van der Waals surface area contributed by atoms with Gasteiger partial charge in [0, 0.05) is 23.3 Å². The molecule has 4 N–H and O–H groups in total. The van der Waals surface area contributed by atoms with Crippen LogP contribution >= 0.6 is 0 Å². The maximum absolute atomic E-state index is 9.65. The second-order valence-electron chi connectivity index (χ2n) is 5.76. The molecule has 0 amide bonds. The van der Waals surface area contributed by atoms with Gasteiger partial charge in [-0.15, -0.1) is 0 Å². The topological polar surface area (TPSA) is 73.8 Å². The molecule has 0 fully saturated rings. The zero-order valence-corrected chi connectivity index (χ0v) is 14.2. The molecule has 0 radical (unpaired) electrons. The average molecular weight is 328 g/mol. The van der Waals surface area contributed by atoms with Gasteiger partial charge in [0.1, 0.15) is 5.75 Å². The fourth-order valence-corrected chi connectivity index (χ4v) is 2.46. The van der Waals surface area contributed by atoms with E-state index in [2.05, 4.69) is 17.8 Å². The summed E-state index contributed by atoms with van der Waals surface area (Å²) in [6, 6.07) is 13.5. The van der Waals surface area contributed by atoms with Gasteiger partial charge < -0.3 is 20.2 Å². The molecular formula is C18H25BN2O3. The van der Waals surface area contributed by atoms with E-state index < -0.39 is 7.12 Å². The third-order valence-electron chi connectivity index (χ3n) is 3.65. The van der Waals surface area contributed by atoms with Gasteiger partial charge in [0.15, 0.2) is 0 Å². The predicted octanol–water partition coefficient (Wildman–Crippen LogP) is 1.97. The molecule has 0 saturated carbocycles. The second-order valence-corrected chi connectivity index (χ2v) is 5.76. The van der Waals surface area contributed by atoms with Crippen molar-refractivity contribution in [2.45, 2.75) is 33.2 Å². The number of hydrogen-bond acceptors (Lipinski definition) is 5. The molecule has 0 heterocycles. The summed E-state index contributed by atoms with van der Waals surface area (Å²) in [5.74, 6) is 0.548. The number of ether oxygens (including phenoxy) is 1. The molecule has 2 aromatic carbocycles. The molecule has 24 heavy (non-hydrogen) atoms. The Morgan fingerprint density at radius 2 is 1.88 bits per heavy atom. The molecule has 2 rings (SSSR count). The van der Waals surface area contributed by atoms with E-state index >= 15 is 0 Å². The van der Waals surface area contributed by atoms with Crippen LogP contribution in [0.15, 0.2) is 42.5 Å². The molecule has 0 aliphatic rings. The SMILES string of the molecule is CCCCOc1c(CNNc2ccccc2)cc(C)cc1B(O)O. The fraction of sp³-hybridized carbons (Fsp3) is 0.333. The van der Waals surface area contributed by atoms with Crippen LogP contribution in [-0.4, -0.2) is 23.8 Å². The van der Waals surface area contributed by atoms with Gasteiger partial charge >= 0.3 is 7.12 Å². The zero-order chi connectivity index (χ0) is 17.4. The van der Waals surface area contributed by atoms with Crippen molar-refractivity contribution in [2.24, 2.45) is 0 Å². The summed E-state index contributed by atoms with van der Waals surface area (Å²) >= 11 is 0. The second kappa shape index (κ2) is 9.32. The van der Waals surface area contributed by atoms with Crippen LogP contribution in [0.1, 0.15) is 30.9 Å². The highest BCUT2D eigenvalue weighted by atomic mass is 16.5. The molecule has 6 heteroatoms. The first kappa shape index (κ1) is 18.3. The normalized spacial score (nSPS) is 10.5. The average Bonchev–Trinajstić information content (AvgIpc) is 2.57. The maximum atomic E-state index is 9.65. The Hall–Kier alpha value is -2.02. The van der Waals surface area contributed by atoms with Crippen molar-refractivity contribution in [3.63, 3.8) is 0 Å². The fourth-order valence-electron chi connectivity index (χ4n) is 2.46. The summed E-state index contributed by atoms with van der Waals surface area (Å²) in [7, 11) is -1.55. The number of rotatable bonds is 9. The summed E-state index contributed by atoms with van der Waals surface area (Å²) in [6.07, 6.45) is 1.94. The van der Waals surface area contributed by atoms with Crippen LogP contribution in [0.2, 0.25) is 0 Å². The maximum Gasteiger partial charge on any atom is 0.492 e. The van der Waals surface area contributed by atoms with Crippen molar-refractivity contribution < 1.29 is 14.8 Å². The quantitative estimate of drug-likeness (QED) is 0.322. The standard InChI is InChI=1S/C18H25BN2O3/c1-3-4-10-24-18-15(11-14(2)12-17(18)19(22)23)13-20-21-16-8-6-5-7-9-16/h5-9,11-12,20-23H,3-4,10,13H2,1-2H3. The van der Waals surface area contributed by atoms with Crippen LogP contribution in [0.25, 0.3) is 0 Å². The zero-order valence-electron chi connectivity index (χ0n) is 14.2. The molecule has 0 unspecified atom stereocenters. The molecule has 5 nitrogen and oxygen atoms in total. The monoisotopic (exact) mass is 328 g/mol. The summed E-state index contributed by atoms with van der Waals surface area (Å²) < 4.78 is 5.84. The van der Waals surface area contributed by atoms with Crippen molar-refractivity contribution in [2.75, 3.05) is 12.0 Å². The molecule has 0 atom stereocenters. The highest BCUT2D eigenvalue weighted by Gasteiger charge is 2.21. The number of unbranched alkanes of at least 4 members (excludes halogenated alkanes) is 1. The molecule has 2 aromatic rings. The number of nitrogens with one attached hydrogen (secondary N) is 2. The molecule has 0 aliphatic heterocycles. The Kier molecular flexibility index (Phi) is 7.12. The molecule has 128 valence electrons. The summed E-state index contributed by atoms with van der Waals surface area (Å²) in [4.78, 5) is 0. The highest BCUT2D eigenvalue weighted by molar-refractivity contribution is 6.59. The third-order valence-corrected chi connectivity index (χ3v) is 3.65. The number of hydrogen-bond donors (Lipinski definition) is 4. The summed E-state index contributed by atoms with van der Waals surface area (Å²) in [6.45, 7) is 5.07. The lowest BCUT2D eigenvalue weighted by atomic mass is 9.77. The van der Waals surface area contributed by atoms with E-state index in [4.69, 9.17) is 4.74 Å². The Morgan fingerprint density at radius 1 is 1.12 bits per heavy atom. The number of anilines is 1. The number of benzene rings is 2. The summed E-state index contributed by atoms with van der Waals surface area (Å²) in [5, 5.41) is 19.3. The lowest BCUT2D eigenvalue weighted by molar-refractivity contribution is 0.306. The minimum Gasteiger partial charge on any atom is -0.494 e. The Morgan fingerprint density at radius 3 is 2.54 bits per heavy atom. The van der Waals surface area contributed by atoms with Gasteiger partial charge in [0.05, 0.1) is 6.61 Å². The first-order chi connectivity index (χ1) is 11.6. The van der Waals surface area contributed by atoms with Crippen LogP contribution in [0.5, 0.6) is 5.75 Å². The molecule has 0 aromatic heterocycles. The number of para-hydroxylation sites is 1. The van der Waals surface area contributed by atoms with Crippen molar-refractivity contribution in [3.05, 3.63) is 53.6 Å². The van der Waals surface area contributed by atoms with Crippen LogP contribution in [-0.2, 0) is 6.54 Å². The van der Waals surface area contributed by atoms with Gasteiger partial charge in [-0.1, -0.05) is 49.2 Å². The van der Waals surface area contributed by atoms with Gasteiger partial charge in [-0.3, -0.25) is 0 Å². The minimum absolute atomic E-state index is 0.405. The minimum atomic E-state index is -1.55. The van der Waals surface area contributed by atoms with E-state index in [9.17, 15) is 10.0 Å². The van der Waals surface area contributed by atoms with Gasteiger partial charge in [0.25, 0.3) is 0 Å². The molecule has 0 spiro atoms. The lowest BCUT2D eigenvalue weighted by Crippen LogP contribution is -2.33. The van der Waals surface area contributed by atoms with Gasteiger partial charge in [-0.25, -0.2) is 5.43 Å². The first-order valence-electron chi connectivity index (χ1n) is 8.28. The van der Waals surface area contributed by atoms with Crippen LogP contribution < -0.4 is 21.1 Å². The number of aryl methyl sites for hydroxylation is 1. The van der Waals surface area contributed by atoms with E-state index in [0.29, 0.717) is 24.4 Å². The predicted molar refractivity (Wildman–Crippen MR) is 98.3 cm³/mol. The van der Waals surface area contributed by atoms with E-state index in [1.54, 1.807) is 6.07 Å². The van der Waals surface area contributed by atoms with Crippen LogP contribution in [0.4, 0.5) is 5.69 Å². The van der Waals surface area contributed by atoms with E-state index in [0.717, 1.165) is 29.7 Å². The lowest BCUT2D eigenvalue weighted by Gasteiger charge is -2.18. The third kappa shape index (κ3) is 5.27. The van der Waals surface area contributed by atoms with Crippen LogP contribution in [0, 0.1) is 6.92 Å². The van der Waals surface area contributed by atoms with Gasteiger partial charge in [-0.05, 0) is 25.5 Å².